The van der Waals surface area contributed by atoms with Crippen LogP contribution in [0, 0.1) is 53.6 Å². The Labute approximate surface area is 398 Å². The molecule has 0 radical (unpaired) electrons. The molecule has 0 bridgehead atoms. The van der Waals surface area contributed by atoms with Crippen molar-refractivity contribution in [2.24, 2.45) is 0 Å². The second-order valence-corrected chi connectivity index (χ2v) is 18.1. The van der Waals surface area contributed by atoms with Gasteiger partial charge in [-0.2, -0.15) is 4.90 Å². The average molecular weight is 995 g/mol. The number of benzene rings is 4. The number of nitrogens with zero attached hydrogens (tertiary/aromatic N) is 4. The average Bonchev–Trinajstić information content (AvgIpc) is 3.14. The summed E-state index contributed by atoms with van der Waals surface area (Å²) in [6.07, 6.45) is -3.97. The highest BCUT2D eigenvalue weighted by atomic mass is 19.1. The van der Waals surface area contributed by atoms with E-state index in [0.29, 0.717) is 11.0 Å². The molecule has 0 spiro atoms. The molecule has 0 saturated heterocycles. The van der Waals surface area contributed by atoms with E-state index in [-0.39, 0.29) is 28.4 Å². The number of halogens is 4. The summed E-state index contributed by atoms with van der Waals surface area (Å²) in [7, 11) is 0. The van der Waals surface area contributed by atoms with Gasteiger partial charge in [0, 0.05) is 36.4 Å². The summed E-state index contributed by atoms with van der Waals surface area (Å²) in [6.45, 7) is 19.5. The van der Waals surface area contributed by atoms with Crippen LogP contribution in [-0.2, 0) is 18.9 Å². The van der Waals surface area contributed by atoms with E-state index in [9.17, 15) is 67.1 Å². The van der Waals surface area contributed by atoms with Crippen molar-refractivity contribution in [2.75, 3.05) is 27.0 Å². The fourth-order valence-corrected chi connectivity index (χ4v) is 4.64. The van der Waals surface area contributed by atoms with E-state index in [1.54, 1.807) is 83.1 Å². The standard InChI is InChI=1S/C16H21FN2O6.C11H13FN2O4.C11H15FN2O2.C6H5FN2O2/c1-15(2,3)24-13(20)18(14(21)25-16(4,5)6)12-9-10(17)7-8-11(12)19(22)23;1-11(2,3)18-10(15)13-8-6-7(12)4-5-9(8)14(16)17;1-11(2,3)16-10(15)14-9-6-7(12)4-5-8(9)13;7-4-1-2-6(9(10)11)5(8)3-4/h7-9H,1-6H3;4-6H,1-3H3,(H,13,15);4-6H,13H2,1-3H3,(H,14,15);1-3H,8H2. The van der Waals surface area contributed by atoms with Gasteiger partial charge in [-0.15, -0.1) is 0 Å². The maximum Gasteiger partial charge on any atom is 0.424 e. The number of imide groups is 1. The molecular weight excluding hydrogens is 941 g/mol. The monoisotopic (exact) mass is 994 g/mol. The number of nitrogen functional groups attached to an aromatic ring is 2. The van der Waals surface area contributed by atoms with Crippen LogP contribution >= 0.6 is 0 Å². The van der Waals surface area contributed by atoms with Gasteiger partial charge in [0.05, 0.1) is 26.1 Å². The summed E-state index contributed by atoms with van der Waals surface area (Å²) in [5, 5.41) is 36.6. The zero-order chi connectivity index (χ0) is 54.3. The van der Waals surface area contributed by atoms with Crippen molar-refractivity contribution in [3.63, 3.8) is 0 Å². The van der Waals surface area contributed by atoms with Gasteiger partial charge >= 0.3 is 24.4 Å². The molecule has 4 rings (SSSR count). The van der Waals surface area contributed by atoms with Crippen LogP contribution < -0.4 is 27.0 Å². The first kappa shape index (κ1) is 59.7. The van der Waals surface area contributed by atoms with Crippen LogP contribution in [0.3, 0.4) is 0 Å². The van der Waals surface area contributed by atoms with E-state index in [0.717, 1.165) is 54.6 Å². The van der Waals surface area contributed by atoms with E-state index in [1.807, 2.05) is 0 Å². The van der Waals surface area contributed by atoms with E-state index in [2.05, 4.69) is 10.6 Å². The molecule has 22 nitrogen and oxygen atoms in total. The molecular formula is C44H54F4N8O14. The Bertz CT molecular complexity index is 2530. The molecule has 0 heterocycles. The molecule has 0 aliphatic rings. The van der Waals surface area contributed by atoms with Crippen molar-refractivity contribution in [3.8, 4) is 0 Å². The third-order valence-electron chi connectivity index (χ3n) is 7.16. The van der Waals surface area contributed by atoms with Gasteiger partial charge in [0.2, 0.25) is 0 Å². The van der Waals surface area contributed by atoms with Gasteiger partial charge in [-0.3, -0.25) is 41.0 Å². The zero-order valence-electron chi connectivity index (χ0n) is 40.1. The van der Waals surface area contributed by atoms with E-state index >= 15 is 0 Å². The quantitative estimate of drug-likeness (QED) is 0.0458. The Morgan fingerprint density at radius 3 is 1.19 bits per heavy atom. The molecule has 0 aromatic heterocycles. The summed E-state index contributed by atoms with van der Waals surface area (Å²) >= 11 is 0. The number of nitrogens with two attached hydrogens (primary N) is 2. The number of rotatable bonds is 6. The number of nitrogens with one attached hydrogen (secondary N) is 2. The SMILES string of the molecule is CC(C)(C)OC(=O)N(C(=O)OC(C)(C)C)c1cc(F)ccc1[N+](=O)[O-].CC(C)(C)OC(=O)Nc1cc(F)ccc1N.CC(C)(C)OC(=O)Nc1cc(F)ccc1[N+](=O)[O-].Nc1cc(F)ccc1[N+](=O)[O-]. The summed E-state index contributed by atoms with van der Waals surface area (Å²) in [4.78, 5) is 77.8. The van der Waals surface area contributed by atoms with Gasteiger partial charge in [0.1, 0.15) is 62.7 Å². The molecule has 26 heteroatoms. The minimum absolute atomic E-state index is 0.157. The molecule has 4 aromatic carbocycles. The smallest absolute Gasteiger partial charge is 0.424 e. The van der Waals surface area contributed by atoms with Crippen LogP contribution in [0.25, 0.3) is 0 Å². The molecule has 0 fully saturated rings. The normalized spacial score (nSPS) is 11.0. The number of hydrogen-bond donors (Lipinski definition) is 4. The number of nitro benzene ring substituents is 3. The van der Waals surface area contributed by atoms with Crippen molar-refractivity contribution in [1.29, 1.82) is 0 Å². The highest BCUT2D eigenvalue weighted by molar-refractivity contribution is 6.11. The second kappa shape index (κ2) is 24.6. The number of ether oxygens (including phenoxy) is 4. The molecule has 0 aliphatic heterocycles. The number of hydrogen-bond acceptors (Lipinski definition) is 16. The molecule has 0 aliphatic carbocycles. The number of amides is 4. The lowest BCUT2D eigenvalue weighted by Gasteiger charge is -2.28. The van der Waals surface area contributed by atoms with Crippen LogP contribution in [0.15, 0.2) is 72.8 Å². The van der Waals surface area contributed by atoms with Gasteiger partial charge in [-0.1, -0.05) is 0 Å². The van der Waals surface area contributed by atoms with Gasteiger partial charge in [0.25, 0.3) is 17.1 Å². The lowest BCUT2D eigenvalue weighted by molar-refractivity contribution is -0.384. The third kappa shape index (κ3) is 22.4. The highest BCUT2D eigenvalue weighted by Gasteiger charge is 2.37. The maximum atomic E-state index is 13.6. The zero-order valence-corrected chi connectivity index (χ0v) is 40.1. The summed E-state index contributed by atoms with van der Waals surface area (Å²) in [5.41, 5.74) is 5.58. The first-order valence-electron chi connectivity index (χ1n) is 20.2. The predicted octanol–water partition coefficient (Wildman–Crippen LogP) is 11.6. The molecule has 6 N–H and O–H groups in total. The van der Waals surface area contributed by atoms with E-state index < -0.39 is 102 Å². The topological polar surface area (TPSA) is 314 Å². The Morgan fingerprint density at radius 2 is 0.800 bits per heavy atom. The molecule has 4 aromatic rings. The maximum absolute atomic E-state index is 13.6. The fraction of sp³-hybridized carbons (Fsp3) is 0.364. The predicted molar refractivity (Wildman–Crippen MR) is 249 cm³/mol. The first-order valence-corrected chi connectivity index (χ1v) is 20.2. The minimum Gasteiger partial charge on any atom is -0.444 e. The van der Waals surface area contributed by atoms with Crippen LogP contribution in [0.2, 0.25) is 0 Å². The van der Waals surface area contributed by atoms with Crippen LogP contribution in [-0.4, -0.2) is 61.5 Å². The van der Waals surface area contributed by atoms with Crippen LogP contribution in [0.4, 0.5) is 82.2 Å². The summed E-state index contributed by atoms with van der Waals surface area (Å²) in [6, 6.07) is 11.9. The van der Waals surface area contributed by atoms with E-state index in [4.69, 9.17) is 30.4 Å². The van der Waals surface area contributed by atoms with E-state index in [1.165, 1.54) is 12.1 Å². The molecule has 70 heavy (non-hydrogen) atoms. The van der Waals surface area contributed by atoms with Crippen LogP contribution in [0.1, 0.15) is 83.1 Å². The van der Waals surface area contributed by atoms with Crippen molar-refractivity contribution in [3.05, 3.63) is 126 Å². The minimum atomic E-state index is -1.21. The Balaban J connectivity index is 0.000000485. The second-order valence-electron chi connectivity index (χ2n) is 18.1. The molecule has 0 saturated carbocycles. The van der Waals surface area contributed by atoms with Gasteiger partial charge in [-0.05, 0) is 119 Å². The lowest BCUT2D eigenvalue weighted by atomic mass is 10.2. The van der Waals surface area contributed by atoms with Crippen LogP contribution in [0.5, 0.6) is 0 Å². The lowest BCUT2D eigenvalue weighted by Crippen LogP contribution is -2.44. The van der Waals surface area contributed by atoms with Crippen molar-refractivity contribution < 1.29 is 70.5 Å². The molecule has 382 valence electrons. The largest absolute Gasteiger partial charge is 0.444 e. The Kier molecular flexibility index (Phi) is 21.0. The highest BCUT2D eigenvalue weighted by Crippen LogP contribution is 2.32. The number of carbonyl (C=O) groups is 4. The van der Waals surface area contributed by atoms with Gasteiger partial charge < -0.3 is 30.4 Å². The molecule has 4 amide bonds. The van der Waals surface area contributed by atoms with Crippen molar-refractivity contribution in [2.45, 2.75) is 105 Å². The van der Waals surface area contributed by atoms with Crippen molar-refractivity contribution >= 4 is 69.9 Å². The molecule has 0 atom stereocenters. The van der Waals surface area contributed by atoms with Crippen molar-refractivity contribution in [1.82, 2.24) is 0 Å². The van der Waals surface area contributed by atoms with Gasteiger partial charge in [-0.25, -0.2) is 36.7 Å². The number of anilines is 5. The summed E-state index contributed by atoms with van der Waals surface area (Å²) in [5.74, 6) is -2.60. The third-order valence-corrected chi connectivity index (χ3v) is 7.16. The Morgan fingerprint density at radius 1 is 0.471 bits per heavy atom. The van der Waals surface area contributed by atoms with Gasteiger partial charge in [0.15, 0.2) is 0 Å². The first-order chi connectivity index (χ1) is 31.8. The molecule has 0 unspecified atom stereocenters. The Hall–Kier alpha value is -8.32. The summed E-state index contributed by atoms with van der Waals surface area (Å²) < 4.78 is 71.9. The number of carbonyl (C=O) groups excluding carboxylic acids is 4. The number of nitro groups is 3. The fourth-order valence-electron chi connectivity index (χ4n) is 4.64.